The molecule has 5 aromatic carbocycles. The van der Waals surface area contributed by atoms with Crippen LogP contribution in [0.15, 0.2) is 121 Å². The van der Waals surface area contributed by atoms with Crippen LogP contribution >= 0.6 is 70.4 Å². The van der Waals surface area contributed by atoms with Crippen LogP contribution < -0.4 is 28.7 Å². The summed E-state index contributed by atoms with van der Waals surface area (Å²) in [5.41, 5.74) is 38.9. The normalized spacial score (nSPS) is 29.4. The topological polar surface area (TPSA) is 213 Å². The van der Waals surface area contributed by atoms with Crippen molar-refractivity contribution in [1.29, 1.82) is 0 Å². The Morgan fingerprint density at radius 3 is 1.22 bits per heavy atom. The lowest BCUT2D eigenvalue weighted by atomic mass is 9.84. The molecule has 73 heavy (non-hydrogen) atoms. The van der Waals surface area contributed by atoms with E-state index in [1.165, 1.54) is 0 Å². The molecule has 0 bridgehead atoms. The van der Waals surface area contributed by atoms with E-state index < -0.39 is 85.6 Å². The Kier molecular flexibility index (Phi) is 22.3. The maximum absolute atomic E-state index is 7.29. The van der Waals surface area contributed by atoms with Crippen molar-refractivity contribution in [3.63, 3.8) is 0 Å². The van der Waals surface area contributed by atoms with Gasteiger partial charge in [-0.05, 0) is 101 Å². The average Bonchev–Trinajstić information content (AvgIpc) is 3.37. The molecule has 1 aliphatic carbocycles. The Morgan fingerprint density at radius 2 is 0.781 bits per heavy atom. The Morgan fingerprint density at radius 1 is 0.411 bits per heavy atom. The highest BCUT2D eigenvalue weighted by Crippen LogP contribution is 2.35. The zero-order valence-electron chi connectivity index (χ0n) is 39.9. The van der Waals surface area contributed by atoms with Crippen molar-refractivity contribution < 1.29 is 42.6 Å². The van der Waals surface area contributed by atoms with Gasteiger partial charge in [0.25, 0.3) is 0 Å². The minimum absolute atomic E-state index is 0. The maximum atomic E-state index is 7.29. The molecule has 14 atom stereocenters. The first kappa shape index (κ1) is 58.0. The Labute approximate surface area is 457 Å². The number of ether oxygens (including phenoxy) is 9. The third-order valence-electron chi connectivity index (χ3n) is 13.0. The van der Waals surface area contributed by atoms with Gasteiger partial charge in [0, 0.05) is 43.7 Å². The summed E-state index contributed by atoms with van der Waals surface area (Å²) >= 11 is 31.1. The third kappa shape index (κ3) is 16.2. The summed E-state index contributed by atoms with van der Waals surface area (Å²) in [6.07, 6.45) is -7.52. The molecule has 0 radical (unpaired) electrons. The lowest BCUT2D eigenvalue weighted by Gasteiger charge is -2.50. The summed E-state index contributed by atoms with van der Waals surface area (Å²) in [6, 6.07) is 34.0. The van der Waals surface area contributed by atoms with Crippen molar-refractivity contribution >= 4 is 70.4 Å². The molecule has 2 saturated heterocycles. The summed E-state index contributed by atoms with van der Waals surface area (Å²) in [5, 5.41) is 3.01. The molecule has 396 valence electrons. The van der Waals surface area contributed by atoms with Crippen molar-refractivity contribution in [2.45, 2.75) is 131 Å². The SMILES string of the molecule is Cl.NC[C@H]1O[C@H](O[C@H]2[C@H](OCc3ccc(Cl)cc3)[C@@H](O[C@H]3O[C@H](COCc4ccc(Cl)cc4)[C@@H](OCc4ccc(Cl)cc4)[C@H](N)[C@H]3OCc3ccc(Cl)cc3)[C@H](N)C[C@@H]2N)[C@H](N)C[C@@H]1OCc1ccc(Cl)cc1. The highest BCUT2D eigenvalue weighted by Gasteiger charge is 2.52. The van der Waals surface area contributed by atoms with Gasteiger partial charge >= 0.3 is 0 Å². The first-order chi connectivity index (χ1) is 34.8. The number of benzene rings is 5. The zero-order chi connectivity index (χ0) is 50.7. The van der Waals surface area contributed by atoms with Gasteiger partial charge in [0.2, 0.25) is 0 Å². The van der Waals surface area contributed by atoms with E-state index in [0.29, 0.717) is 38.1 Å². The molecule has 0 spiro atoms. The van der Waals surface area contributed by atoms with Crippen LogP contribution in [0.5, 0.6) is 0 Å². The van der Waals surface area contributed by atoms with E-state index in [0.717, 1.165) is 27.8 Å². The molecule has 3 aliphatic rings. The molecule has 10 N–H and O–H groups in total. The standard InChI is InChI=1S/C53H62Cl5N5O9.ClH/c54-35-11-1-30(2-12-35)24-64-29-45-49(66-26-32-5-15-37(56)16-6-32)46(63)50(67-27-33-7-17-38(57)18-8-33)53(70-45)72-48-41(61)21-40(60)47(51(48)68-28-34-9-19-39(58)20-10-34)71-52-42(62)22-43(44(23-59)69-52)65-25-31-3-13-36(55)14-4-31;/h1-20,40-53H,21-29,59-63H2;1H/t40-,41+,42+,43-,44+,45+,46-,47+,48-,49+,50+,51-,52+,53+;/m0./s1. The van der Waals surface area contributed by atoms with Crippen LogP contribution in [0.4, 0.5) is 0 Å². The van der Waals surface area contributed by atoms with E-state index in [-0.39, 0.29) is 58.4 Å². The second-order valence-electron chi connectivity index (χ2n) is 18.4. The Balaban J connectivity index is 0.00000780. The number of hydrogen-bond acceptors (Lipinski definition) is 14. The monoisotopic (exact) mass is 1120 g/mol. The highest BCUT2D eigenvalue weighted by molar-refractivity contribution is 6.31. The largest absolute Gasteiger partial charge is 0.374 e. The summed E-state index contributed by atoms with van der Waals surface area (Å²) in [5.74, 6) is 0. The van der Waals surface area contributed by atoms with Crippen molar-refractivity contribution in [2.75, 3.05) is 13.2 Å². The van der Waals surface area contributed by atoms with Crippen LogP contribution in [0.3, 0.4) is 0 Å². The number of hydrogen-bond donors (Lipinski definition) is 5. The lowest BCUT2D eigenvalue weighted by Crippen LogP contribution is -2.69. The predicted octanol–water partition coefficient (Wildman–Crippen LogP) is 8.52. The molecule has 8 rings (SSSR count). The van der Waals surface area contributed by atoms with Gasteiger partial charge in [0.1, 0.15) is 36.6 Å². The van der Waals surface area contributed by atoms with Gasteiger partial charge in [-0.2, -0.15) is 0 Å². The fourth-order valence-electron chi connectivity index (χ4n) is 9.09. The quantitative estimate of drug-likeness (QED) is 0.0466. The molecule has 1 saturated carbocycles. The first-order valence-corrected chi connectivity index (χ1v) is 25.8. The second kappa shape index (κ2) is 28.1. The van der Waals surface area contributed by atoms with E-state index in [9.17, 15) is 0 Å². The second-order valence-corrected chi connectivity index (χ2v) is 20.6. The summed E-state index contributed by atoms with van der Waals surface area (Å²) in [7, 11) is 0. The molecular formula is C53H63Cl6N5O9. The third-order valence-corrected chi connectivity index (χ3v) is 14.3. The van der Waals surface area contributed by atoms with Gasteiger partial charge < -0.3 is 71.3 Å². The number of rotatable bonds is 21. The summed E-state index contributed by atoms with van der Waals surface area (Å²) < 4.78 is 60.2. The minimum Gasteiger partial charge on any atom is -0.374 e. The zero-order valence-corrected chi connectivity index (χ0v) is 44.4. The first-order valence-electron chi connectivity index (χ1n) is 23.9. The molecule has 3 fully saturated rings. The summed E-state index contributed by atoms with van der Waals surface area (Å²) in [6.45, 7) is 1.23. The van der Waals surface area contributed by atoms with Gasteiger partial charge in [-0.25, -0.2) is 0 Å². The Hall–Kier alpha value is -2.72. The van der Waals surface area contributed by atoms with Crippen LogP contribution in [0.2, 0.25) is 25.1 Å². The van der Waals surface area contributed by atoms with Gasteiger partial charge in [0.05, 0.1) is 63.9 Å². The molecule has 5 aromatic rings. The van der Waals surface area contributed by atoms with E-state index in [1.807, 2.05) is 72.8 Å². The summed E-state index contributed by atoms with van der Waals surface area (Å²) in [4.78, 5) is 0. The van der Waals surface area contributed by atoms with Crippen LogP contribution in [0, 0.1) is 0 Å². The van der Waals surface area contributed by atoms with Crippen LogP contribution in [0.1, 0.15) is 40.7 Å². The van der Waals surface area contributed by atoms with E-state index in [2.05, 4.69) is 0 Å². The van der Waals surface area contributed by atoms with E-state index >= 15 is 0 Å². The molecule has 20 heteroatoms. The number of halogens is 6. The predicted molar refractivity (Wildman–Crippen MR) is 286 cm³/mol. The van der Waals surface area contributed by atoms with Crippen LogP contribution in [0.25, 0.3) is 0 Å². The van der Waals surface area contributed by atoms with Crippen LogP contribution in [-0.4, -0.2) is 98.7 Å². The smallest absolute Gasteiger partial charge is 0.186 e. The molecular weight excluding hydrogens is 1060 g/mol. The van der Waals surface area contributed by atoms with E-state index in [4.69, 9.17) is 129 Å². The molecule has 0 amide bonds. The van der Waals surface area contributed by atoms with Crippen molar-refractivity contribution in [3.8, 4) is 0 Å². The van der Waals surface area contributed by atoms with Crippen molar-refractivity contribution in [2.24, 2.45) is 28.7 Å². The molecule has 0 unspecified atom stereocenters. The minimum atomic E-state index is -1.15. The van der Waals surface area contributed by atoms with E-state index in [1.54, 1.807) is 48.5 Å². The highest BCUT2D eigenvalue weighted by atomic mass is 35.5. The van der Waals surface area contributed by atoms with Gasteiger partial charge in [0.15, 0.2) is 12.6 Å². The molecule has 14 nitrogen and oxygen atoms in total. The Bertz CT molecular complexity index is 2420. The van der Waals surface area contributed by atoms with Gasteiger partial charge in [-0.1, -0.05) is 119 Å². The maximum Gasteiger partial charge on any atom is 0.186 e. The number of nitrogens with two attached hydrogens (primary N) is 5. The molecule has 2 heterocycles. The molecule has 0 aromatic heterocycles. The van der Waals surface area contributed by atoms with Gasteiger partial charge in [-0.15, -0.1) is 12.4 Å². The fraction of sp³-hybridized carbons (Fsp3) is 0.434. The van der Waals surface area contributed by atoms with Crippen molar-refractivity contribution in [1.82, 2.24) is 0 Å². The fourth-order valence-corrected chi connectivity index (χ4v) is 9.72. The van der Waals surface area contributed by atoms with Gasteiger partial charge in [-0.3, -0.25) is 0 Å². The lowest BCUT2D eigenvalue weighted by molar-refractivity contribution is -0.330. The average molecular weight is 1130 g/mol. The van der Waals surface area contributed by atoms with Crippen LogP contribution in [-0.2, 0) is 75.7 Å². The van der Waals surface area contributed by atoms with Crippen molar-refractivity contribution in [3.05, 3.63) is 174 Å². The molecule has 2 aliphatic heterocycles.